The lowest BCUT2D eigenvalue weighted by atomic mass is 10.0. The molecule has 0 saturated carbocycles. The van der Waals surface area contributed by atoms with Crippen LogP contribution in [0.3, 0.4) is 0 Å². The molecule has 0 aliphatic heterocycles. The number of hydrogen-bond acceptors (Lipinski definition) is 4. The van der Waals surface area contributed by atoms with Gasteiger partial charge in [0.25, 0.3) is 0 Å². The Balaban J connectivity index is 2.17. The Morgan fingerprint density at radius 3 is 2.58 bits per heavy atom. The highest BCUT2D eigenvalue weighted by Crippen LogP contribution is 2.12. The molecule has 0 aromatic carbocycles. The molecule has 4 nitrogen and oxygen atoms in total. The molecule has 1 N–H and O–H groups in total. The Labute approximate surface area is 117 Å². The number of unbranched alkanes of at least 4 members (excludes halogenated alkanes) is 3. The van der Waals surface area contributed by atoms with Gasteiger partial charge in [-0.2, -0.15) is 4.98 Å². The molecule has 0 atom stereocenters. The second-order valence-corrected chi connectivity index (χ2v) is 5.40. The molecule has 0 aliphatic carbocycles. The predicted octanol–water partition coefficient (Wildman–Crippen LogP) is 3.81. The standard InChI is InChI=1S/C15H27N3O/c1-12(2)9-7-5-6-8-10-16-15-17-13(3)11-14(18-15)19-4/h11-12H,5-10H2,1-4H3,(H,16,17,18). The van der Waals surface area contributed by atoms with E-state index in [0.717, 1.165) is 24.6 Å². The number of nitrogens with zero attached hydrogens (tertiary/aromatic N) is 2. The van der Waals surface area contributed by atoms with Crippen LogP contribution in [-0.2, 0) is 0 Å². The quantitative estimate of drug-likeness (QED) is 0.690. The smallest absolute Gasteiger partial charge is 0.226 e. The number of methoxy groups -OCH3 is 1. The van der Waals surface area contributed by atoms with Crippen molar-refractivity contribution in [3.63, 3.8) is 0 Å². The normalized spacial score (nSPS) is 10.8. The zero-order valence-corrected chi connectivity index (χ0v) is 12.7. The van der Waals surface area contributed by atoms with E-state index in [1.807, 2.05) is 13.0 Å². The average Bonchev–Trinajstić information content (AvgIpc) is 2.36. The molecular formula is C15H27N3O. The maximum absolute atomic E-state index is 5.13. The minimum absolute atomic E-state index is 0.618. The van der Waals surface area contributed by atoms with E-state index in [1.165, 1.54) is 25.7 Å². The van der Waals surface area contributed by atoms with Crippen molar-refractivity contribution in [2.24, 2.45) is 5.92 Å². The van der Waals surface area contributed by atoms with Gasteiger partial charge in [-0.25, -0.2) is 4.98 Å². The minimum Gasteiger partial charge on any atom is -0.481 e. The molecule has 0 amide bonds. The van der Waals surface area contributed by atoms with Gasteiger partial charge in [-0.3, -0.25) is 0 Å². The fourth-order valence-corrected chi connectivity index (χ4v) is 1.95. The van der Waals surface area contributed by atoms with Gasteiger partial charge in [0.05, 0.1) is 7.11 Å². The molecule has 4 heteroatoms. The summed E-state index contributed by atoms with van der Waals surface area (Å²) in [5.41, 5.74) is 0.922. The summed E-state index contributed by atoms with van der Waals surface area (Å²) in [6.45, 7) is 7.43. The Hall–Kier alpha value is -1.32. The third kappa shape index (κ3) is 6.99. The predicted molar refractivity (Wildman–Crippen MR) is 79.7 cm³/mol. The van der Waals surface area contributed by atoms with Gasteiger partial charge in [-0.15, -0.1) is 0 Å². The molecule has 0 spiro atoms. The van der Waals surface area contributed by atoms with Crippen molar-refractivity contribution in [1.29, 1.82) is 0 Å². The van der Waals surface area contributed by atoms with E-state index in [1.54, 1.807) is 7.11 Å². The van der Waals surface area contributed by atoms with Gasteiger partial charge in [-0.05, 0) is 19.3 Å². The van der Waals surface area contributed by atoms with Gasteiger partial charge in [0.1, 0.15) is 0 Å². The number of anilines is 1. The molecule has 0 saturated heterocycles. The first-order valence-electron chi connectivity index (χ1n) is 7.25. The average molecular weight is 265 g/mol. The molecule has 19 heavy (non-hydrogen) atoms. The highest BCUT2D eigenvalue weighted by Gasteiger charge is 2.01. The third-order valence-corrected chi connectivity index (χ3v) is 3.03. The number of ether oxygens (including phenoxy) is 1. The van der Waals surface area contributed by atoms with E-state index in [2.05, 4.69) is 29.1 Å². The molecular weight excluding hydrogens is 238 g/mol. The molecule has 108 valence electrons. The summed E-state index contributed by atoms with van der Waals surface area (Å²) in [5, 5.41) is 3.26. The summed E-state index contributed by atoms with van der Waals surface area (Å²) in [4.78, 5) is 8.60. The van der Waals surface area contributed by atoms with Crippen LogP contribution in [-0.4, -0.2) is 23.6 Å². The molecule has 0 unspecified atom stereocenters. The Bertz CT molecular complexity index is 366. The summed E-state index contributed by atoms with van der Waals surface area (Å²) in [6, 6.07) is 1.83. The lowest BCUT2D eigenvalue weighted by Crippen LogP contribution is -2.07. The van der Waals surface area contributed by atoms with Gasteiger partial charge in [0.15, 0.2) is 0 Å². The first-order chi connectivity index (χ1) is 9.11. The number of hydrogen-bond donors (Lipinski definition) is 1. The van der Waals surface area contributed by atoms with Crippen LogP contribution in [0.25, 0.3) is 0 Å². The highest BCUT2D eigenvalue weighted by atomic mass is 16.5. The fourth-order valence-electron chi connectivity index (χ4n) is 1.95. The van der Waals surface area contributed by atoms with Crippen molar-refractivity contribution in [3.05, 3.63) is 11.8 Å². The van der Waals surface area contributed by atoms with Crippen LogP contribution >= 0.6 is 0 Å². The zero-order chi connectivity index (χ0) is 14.1. The van der Waals surface area contributed by atoms with Crippen molar-refractivity contribution in [1.82, 2.24) is 9.97 Å². The van der Waals surface area contributed by atoms with Crippen LogP contribution < -0.4 is 10.1 Å². The largest absolute Gasteiger partial charge is 0.481 e. The monoisotopic (exact) mass is 265 g/mol. The molecule has 0 fully saturated rings. The van der Waals surface area contributed by atoms with E-state index < -0.39 is 0 Å². The van der Waals surface area contributed by atoms with Crippen LogP contribution in [0.5, 0.6) is 5.88 Å². The molecule has 1 aromatic heterocycles. The first-order valence-corrected chi connectivity index (χ1v) is 7.25. The van der Waals surface area contributed by atoms with E-state index in [0.29, 0.717) is 11.8 Å². The molecule has 0 radical (unpaired) electrons. The van der Waals surface area contributed by atoms with Crippen LogP contribution in [0, 0.1) is 12.8 Å². The number of aryl methyl sites for hydroxylation is 1. The van der Waals surface area contributed by atoms with Gasteiger partial charge >= 0.3 is 0 Å². The van der Waals surface area contributed by atoms with Crippen LogP contribution in [0.15, 0.2) is 6.07 Å². The maximum atomic E-state index is 5.13. The van der Waals surface area contributed by atoms with Gasteiger partial charge in [0.2, 0.25) is 11.8 Å². The number of rotatable bonds is 9. The second kappa shape index (κ2) is 8.73. The lowest BCUT2D eigenvalue weighted by molar-refractivity contribution is 0.397. The van der Waals surface area contributed by atoms with Crippen molar-refractivity contribution in [2.75, 3.05) is 19.0 Å². The zero-order valence-electron chi connectivity index (χ0n) is 12.7. The maximum Gasteiger partial charge on any atom is 0.226 e. The number of nitrogens with one attached hydrogen (secondary N) is 1. The molecule has 1 aromatic rings. The Kier molecular flexibility index (Phi) is 7.23. The molecule has 0 aliphatic rings. The Morgan fingerprint density at radius 1 is 1.16 bits per heavy atom. The SMILES string of the molecule is COc1cc(C)nc(NCCCCCCC(C)C)n1. The lowest BCUT2D eigenvalue weighted by Gasteiger charge is -2.07. The van der Waals surface area contributed by atoms with Gasteiger partial charge in [0, 0.05) is 18.3 Å². The van der Waals surface area contributed by atoms with Crippen LogP contribution in [0.2, 0.25) is 0 Å². The van der Waals surface area contributed by atoms with Gasteiger partial charge in [-0.1, -0.05) is 39.5 Å². The summed E-state index contributed by atoms with van der Waals surface area (Å²) >= 11 is 0. The van der Waals surface area contributed by atoms with Gasteiger partial charge < -0.3 is 10.1 Å². The number of aromatic nitrogens is 2. The summed E-state index contributed by atoms with van der Waals surface area (Å²) in [6.07, 6.45) is 6.43. The van der Waals surface area contributed by atoms with E-state index in [-0.39, 0.29) is 0 Å². The molecule has 1 heterocycles. The molecule has 1 rings (SSSR count). The van der Waals surface area contributed by atoms with Crippen molar-refractivity contribution in [2.45, 2.75) is 52.9 Å². The van der Waals surface area contributed by atoms with E-state index >= 15 is 0 Å². The summed E-state index contributed by atoms with van der Waals surface area (Å²) in [5.74, 6) is 2.11. The summed E-state index contributed by atoms with van der Waals surface area (Å²) < 4.78 is 5.13. The Morgan fingerprint density at radius 2 is 1.89 bits per heavy atom. The fraction of sp³-hybridized carbons (Fsp3) is 0.733. The van der Waals surface area contributed by atoms with Crippen molar-refractivity contribution >= 4 is 5.95 Å². The third-order valence-electron chi connectivity index (χ3n) is 3.03. The second-order valence-electron chi connectivity index (χ2n) is 5.40. The van der Waals surface area contributed by atoms with Crippen molar-refractivity contribution < 1.29 is 4.74 Å². The minimum atomic E-state index is 0.618. The molecule has 0 bridgehead atoms. The topological polar surface area (TPSA) is 47.0 Å². The van der Waals surface area contributed by atoms with Crippen LogP contribution in [0.1, 0.15) is 51.6 Å². The first kappa shape index (κ1) is 15.7. The summed E-state index contributed by atoms with van der Waals surface area (Å²) in [7, 11) is 1.63. The van der Waals surface area contributed by atoms with E-state index in [4.69, 9.17) is 4.74 Å². The van der Waals surface area contributed by atoms with Crippen LogP contribution in [0.4, 0.5) is 5.95 Å². The van der Waals surface area contributed by atoms with Crippen molar-refractivity contribution in [3.8, 4) is 5.88 Å². The highest BCUT2D eigenvalue weighted by molar-refractivity contribution is 5.30. The van der Waals surface area contributed by atoms with E-state index in [9.17, 15) is 0 Å².